The van der Waals surface area contributed by atoms with Gasteiger partial charge in [-0.25, -0.2) is 4.79 Å². The average Bonchev–Trinajstić information content (AvgIpc) is 2.37. The maximum absolute atomic E-state index is 11.6. The van der Waals surface area contributed by atoms with E-state index in [1.807, 2.05) is 19.1 Å². The molecule has 1 rings (SSSR count). The minimum absolute atomic E-state index is 0.0463. The number of nitrogens with one attached hydrogen (secondary N) is 1. The van der Waals surface area contributed by atoms with Gasteiger partial charge in [-0.15, -0.1) is 0 Å². The molecular formula is C13H16BrNO5. The first-order valence-electron chi connectivity index (χ1n) is 5.96. The number of carbonyl (C=O) groups excluding carboxylic acids is 1. The molecule has 0 aliphatic carbocycles. The Morgan fingerprint density at radius 1 is 1.45 bits per heavy atom. The number of aryl methyl sites for hydroxylation is 1. The van der Waals surface area contributed by atoms with Crippen molar-refractivity contribution >= 4 is 27.8 Å². The lowest BCUT2D eigenvalue weighted by atomic mass is 10.2. The molecule has 0 saturated carbocycles. The lowest BCUT2D eigenvalue weighted by Gasteiger charge is -2.14. The van der Waals surface area contributed by atoms with E-state index in [-0.39, 0.29) is 19.6 Å². The van der Waals surface area contributed by atoms with Crippen molar-refractivity contribution < 1.29 is 24.5 Å². The van der Waals surface area contributed by atoms with Crippen molar-refractivity contribution in [1.82, 2.24) is 5.32 Å². The SMILES string of the molecule is Cc1ccc(OCC(=O)NC(CCO)C(=O)O)c(Br)c1. The van der Waals surface area contributed by atoms with Crippen LogP contribution in [0.2, 0.25) is 0 Å². The molecule has 3 N–H and O–H groups in total. The van der Waals surface area contributed by atoms with Crippen LogP contribution in [0.4, 0.5) is 0 Å². The molecular weight excluding hydrogens is 330 g/mol. The van der Waals surface area contributed by atoms with Gasteiger partial charge in [0.25, 0.3) is 5.91 Å². The first-order chi connectivity index (χ1) is 9.43. The molecule has 0 saturated heterocycles. The van der Waals surface area contributed by atoms with E-state index in [0.717, 1.165) is 10.0 Å². The molecule has 0 heterocycles. The number of amides is 1. The lowest BCUT2D eigenvalue weighted by molar-refractivity contribution is -0.142. The summed E-state index contributed by atoms with van der Waals surface area (Å²) >= 11 is 3.31. The Bertz CT molecular complexity index is 492. The molecule has 1 aromatic rings. The molecule has 0 aliphatic rings. The average molecular weight is 346 g/mol. The number of aliphatic hydroxyl groups is 1. The van der Waals surface area contributed by atoms with E-state index >= 15 is 0 Å². The summed E-state index contributed by atoms with van der Waals surface area (Å²) in [6, 6.07) is 4.29. The molecule has 0 spiro atoms. The maximum Gasteiger partial charge on any atom is 0.326 e. The van der Waals surface area contributed by atoms with Crippen LogP contribution in [0.3, 0.4) is 0 Å². The number of carboxylic acids is 1. The summed E-state index contributed by atoms with van der Waals surface area (Å²) in [5.41, 5.74) is 1.04. The zero-order valence-corrected chi connectivity index (χ0v) is 12.5. The van der Waals surface area contributed by atoms with Crippen LogP contribution < -0.4 is 10.1 Å². The highest BCUT2D eigenvalue weighted by atomic mass is 79.9. The van der Waals surface area contributed by atoms with Crippen LogP contribution >= 0.6 is 15.9 Å². The van der Waals surface area contributed by atoms with E-state index in [9.17, 15) is 9.59 Å². The van der Waals surface area contributed by atoms with Gasteiger partial charge in [0.05, 0.1) is 4.47 Å². The van der Waals surface area contributed by atoms with Crippen molar-refractivity contribution in [3.05, 3.63) is 28.2 Å². The smallest absolute Gasteiger partial charge is 0.326 e. The molecule has 1 amide bonds. The first kappa shape index (κ1) is 16.5. The largest absolute Gasteiger partial charge is 0.483 e. The Morgan fingerprint density at radius 3 is 2.70 bits per heavy atom. The van der Waals surface area contributed by atoms with E-state index in [0.29, 0.717) is 5.75 Å². The number of benzene rings is 1. The molecule has 0 aliphatic heterocycles. The van der Waals surface area contributed by atoms with Gasteiger partial charge in [-0.1, -0.05) is 6.07 Å². The third-order valence-corrected chi connectivity index (χ3v) is 3.12. The normalized spacial score (nSPS) is 11.8. The molecule has 1 unspecified atom stereocenters. The van der Waals surface area contributed by atoms with E-state index < -0.39 is 17.9 Å². The number of aliphatic hydroxyl groups excluding tert-OH is 1. The van der Waals surface area contributed by atoms with Crippen LogP contribution in [0, 0.1) is 6.92 Å². The number of rotatable bonds is 7. The van der Waals surface area contributed by atoms with Gasteiger partial charge in [-0.2, -0.15) is 0 Å². The van der Waals surface area contributed by atoms with Crippen LogP contribution in [0.5, 0.6) is 5.75 Å². The van der Waals surface area contributed by atoms with E-state index in [1.54, 1.807) is 6.07 Å². The highest BCUT2D eigenvalue weighted by molar-refractivity contribution is 9.10. The zero-order chi connectivity index (χ0) is 15.1. The fourth-order valence-electron chi connectivity index (χ4n) is 1.49. The quantitative estimate of drug-likeness (QED) is 0.687. The summed E-state index contributed by atoms with van der Waals surface area (Å²) < 4.78 is 6.02. The lowest BCUT2D eigenvalue weighted by Crippen LogP contribution is -2.43. The van der Waals surface area contributed by atoms with Gasteiger partial charge in [-0.05, 0) is 40.5 Å². The fourth-order valence-corrected chi connectivity index (χ4v) is 2.10. The van der Waals surface area contributed by atoms with Crippen molar-refractivity contribution in [2.45, 2.75) is 19.4 Å². The minimum Gasteiger partial charge on any atom is -0.483 e. The predicted molar refractivity (Wildman–Crippen MR) is 75.6 cm³/mol. The number of hydrogen-bond donors (Lipinski definition) is 3. The molecule has 1 aromatic carbocycles. The summed E-state index contributed by atoms with van der Waals surface area (Å²) in [4.78, 5) is 22.4. The Balaban J connectivity index is 2.52. The minimum atomic E-state index is -1.19. The number of halogens is 1. The van der Waals surface area contributed by atoms with Gasteiger partial charge in [0.2, 0.25) is 0 Å². The third kappa shape index (κ3) is 5.18. The second kappa shape index (κ2) is 7.86. The van der Waals surface area contributed by atoms with Crippen LogP contribution in [-0.4, -0.2) is 41.3 Å². The second-order valence-corrected chi connectivity index (χ2v) is 5.05. The van der Waals surface area contributed by atoms with E-state index in [2.05, 4.69) is 21.2 Å². The number of ether oxygens (including phenoxy) is 1. The van der Waals surface area contributed by atoms with Crippen molar-refractivity contribution in [3.8, 4) is 5.75 Å². The fraction of sp³-hybridized carbons (Fsp3) is 0.385. The molecule has 1 atom stereocenters. The van der Waals surface area contributed by atoms with Crippen molar-refractivity contribution in [2.24, 2.45) is 0 Å². The van der Waals surface area contributed by atoms with Crippen LogP contribution in [0.15, 0.2) is 22.7 Å². The Morgan fingerprint density at radius 2 is 2.15 bits per heavy atom. The van der Waals surface area contributed by atoms with Crippen LogP contribution in [0.1, 0.15) is 12.0 Å². The summed E-state index contributed by atoms with van der Waals surface area (Å²) in [6.45, 7) is 1.31. The zero-order valence-electron chi connectivity index (χ0n) is 10.9. The Hall–Kier alpha value is -1.60. The number of hydrogen-bond acceptors (Lipinski definition) is 4. The van der Waals surface area contributed by atoms with Gasteiger partial charge >= 0.3 is 5.97 Å². The molecule has 0 radical (unpaired) electrons. The second-order valence-electron chi connectivity index (χ2n) is 4.19. The summed E-state index contributed by atoms with van der Waals surface area (Å²) in [5, 5.41) is 19.8. The number of aliphatic carboxylic acids is 1. The molecule has 0 bridgehead atoms. The number of carboxylic acid groups (broad SMARTS) is 1. The van der Waals surface area contributed by atoms with Crippen molar-refractivity contribution in [1.29, 1.82) is 0 Å². The molecule has 0 aromatic heterocycles. The maximum atomic E-state index is 11.6. The van der Waals surface area contributed by atoms with Gasteiger partial charge in [0.1, 0.15) is 11.8 Å². The predicted octanol–water partition coefficient (Wildman–Crippen LogP) is 1.09. The van der Waals surface area contributed by atoms with Crippen molar-refractivity contribution in [3.63, 3.8) is 0 Å². The third-order valence-electron chi connectivity index (χ3n) is 2.50. The monoisotopic (exact) mass is 345 g/mol. The highest BCUT2D eigenvalue weighted by Gasteiger charge is 2.19. The summed E-state index contributed by atoms with van der Waals surface area (Å²) in [6.07, 6.45) is -0.0463. The van der Waals surface area contributed by atoms with E-state index in [1.165, 1.54) is 0 Å². The van der Waals surface area contributed by atoms with Gasteiger partial charge < -0.3 is 20.3 Å². The molecule has 6 nitrogen and oxygen atoms in total. The van der Waals surface area contributed by atoms with Gasteiger partial charge in [0.15, 0.2) is 6.61 Å². The highest BCUT2D eigenvalue weighted by Crippen LogP contribution is 2.25. The van der Waals surface area contributed by atoms with Crippen LogP contribution in [-0.2, 0) is 9.59 Å². The molecule has 110 valence electrons. The van der Waals surface area contributed by atoms with Gasteiger partial charge in [0, 0.05) is 13.0 Å². The summed E-state index contributed by atoms with van der Waals surface area (Å²) in [7, 11) is 0. The Kier molecular flexibility index (Phi) is 6.47. The van der Waals surface area contributed by atoms with Crippen LogP contribution in [0.25, 0.3) is 0 Å². The molecule has 0 fully saturated rings. The number of carbonyl (C=O) groups is 2. The van der Waals surface area contributed by atoms with Crippen molar-refractivity contribution in [2.75, 3.05) is 13.2 Å². The molecule has 20 heavy (non-hydrogen) atoms. The first-order valence-corrected chi connectivity index (χ1v) is 6.75. The standard InChI is InChI=1S/C13H16BrNO5/c1-8-2-3-11(9(14)6-8)20-7-12(17)15-10(4-5-16)13(18)19/h2-3,6,10,16H,4-5,7H2,1H3,(H,15,17)(H,18,19). The summed E-state index contributed by atoms with van der Waals surface area (Å²) in [5.74, 6) is -1.25. The molecule has 7 heteroatoms. The van der Waals surface area contributed by atoms with Gasteiger partial charge in [-0.3, -0.25) is 4.79 Å². The van der Waals surface area contributed by atoms with E-state index in [4.69, 9.17) is 14.9 Å². The Labute approximate surface area is 124 Å². The topological polar surface area (TPSA) is 95.9 Å².